The molecule has 188 valence electrons. The maximum absolute atomic E-state index is 2.33. The molecular weight excluding hydrogens is 485 g/mol. The summed E-state index contributed by atoms with van der Waals surface area (Å²) in [6, 6.07) is 67.1. The zero-order chi connectivity index (χ0) is 26.4. The van der Waals surface area contributed by atoms with Crippen LogP contribution < -0.4 is 0 Å². The molecule has 0 saturated carbocycles. The van der Waals surface area contributed by atoms with Crippen LogP contribution in [0.3, 0.4) is 0 Å². The molecule has 0 aliphatic rings. The molecule has 6 aromatic rings. The van der Waals surface area contributed by atoms with Crippen LogP contribution in [0.4, 0.5) is 0 Å². The average molecular weight is 517 g/mol. The molecule has 0 unspecified atom stereocenters. The van der Waals surface area contributed by atoms with Gasteiger partial charge in [-0.2, -0.15) is 0 Å². The van der Waals surface area contributed by atoms with Gasteiger partial charge < -0.3 is 0 Å². The van der Waals surface area contributed by atoms with E-state index in [-0.39, 0.29) is 10.1 Å². The third-order valence-electron chi connectivity index (χ3n) is 8.13. The molecule has 1 heteroatoms. The Hall–Kier alpha value is -4.46. The molecule has 0 heterocycles. The van der Waals surface area contributed by atoms with E-state index in [1.54, 1.807) is 0 Å². The highest BCUT2D eigenvalue weighted by Gasteiger charge is 2.48. The highest BCUT2D eigenvalue weighted by molar-refractivity contribution is 6.49. The maximum atomic E-state index is 2.33. The van der Waals surface area contributed by atoms with E-state index in [0.29, 0.717) is 0 Å². The quantitative estimate of drug-likeness (QED) is 0.141. The molecule has 0 nitrogen and oxygen atoms in total. The Morgan fingerprint density at radius 3 is 0.538 bits per heavy atom. The summed E-state index contributed by atoms with van der Waals surface area (Å²) in [6.07, 6.45) is 0. The average Bonchev–Trinajstić information content (AvgIpc) is 3.04. The zero-order valence-electron chi connectivity index (χ0n) is 22.0. The van der Waals surface area contributed by atoms with Crippen molar-refractivity contribution in [3.05, 3.63) is 215 Å². The first-order valence-corrected chi connectivity index (χ1v) is 15.1. The van der Waals surface area contributed by atoms with Gasteiger partial charge in [0.1, 0.15) is 0 Å². The van der Waals surface area contributed by atoms with Gasteiger partial charge in [-0.1, -0.05) is 182 Å². The van der Waals surface area contributed by atoms with Crippen molar-refractivity contribution in [1.82, 2.24) is 0 Å². The van der Waals surface area contributed by atoms with Crippen molar-refractivity contribution < 1.29 is 0 Å². The summed E-state index contributed by atoms with van der Waals surface area (Å²) in [5.41, 5.74) is 8.09. The van der Waals surface area contributed by atoms with E-state index in [0.717, 1.165) is 0 Å². The van der Waals surface area contributed by atoms with Crippen molar-refractivity contribution in [1.29, 1.82) is 0 Å². The summed E-state index contributed by atoms with van der Waals surface area (Å²) in [7, 11) is -1.16. The van der Waals surface area contributed by atoms with Gasteiger partial charge >= 0.3 is 0 Å². The van der Waals surface area contributed by atoms with Crippen LogP contribution in [0.5, 0.6) is 0 Å². The van der Waals surface area contributed by atoms with E-state index in [9.17, 15) is 0 Å². The van der Waals surface area contributed by atoms with Crippen molar-refractivity contribution >= 4 is 9.52 Å². The standard InChI is InChI=1S/C38H32Si/c1-7-19-31(20-8-1)37(32-21-9-2-10-22-32,33-23-11-3-12-24-33)39-38(34-25-13-4-14-26-34,35-27-15-5-16-28-35)36-29-17-6-18-30-36/h1-30H,39H2. The largest absolute Gasteiger partial charge is 0.0670 e. The zero-order valence-corrected chi connectivity index (χ0v) is 23.4. The summed E-state index contributed by atoms with van der Waals surface area (Å²) in [5, 5.41) is -0.573. The van der Waals surface area contributed by atoms with Crippen LogP contribution in [0, 0.1) is 0 Å². The molecule has 39 heavy (non-hydrogen) atoms. The SMILES string of the molecule is c1ccc(C([SiH2]C(c2ccccc2)(c2ccccc2)c2ccccc2)(c2ccccc2)c2ccccc2)cc1. The van der Waals surface area contributed by atoms with Gasteiger partial charge in [0.2, 0.25) is 0 Å². The molecule has 0 fully saturated rings. The monoisotopic (exact) mass is 516 g/mol. The van der Waals surface area contributed by atoms with Gasteiger partial charge in [0.25, 0.3) is 0 Å². The van der Waals surface area contributed by atoms with Gasteiger partial charge in [-0.15, -0.1) is 0 Å². The van der Waals surface area contributed by atoms with E-state index in [4.69, 9.17) is 0 Å². The Kier molecular flexibility index (Phi) is 7.08. The minimum atomic E-state index is -1.16. The minimum Gasteiger partial charge on any atom is -0.0622 e. The van der Waals surface area contributed by atoms with Gasteiger partial charge in [0.05, 0.1) is 9.52 Å². The Bertz CT molecular complexity index is 1260. The van der Waals surface area contributed by atoms with E-state index >= 15 is 0 Å². The van der Waals surface area contributed by atoms with E-state index in [1.807, 2.05) is 0 Å². The first-order chi connectivity index (χ1) is 19.3. The number of hydrogen-bond donors (Lipinski definition) is 0. The van der Waals surface area contributed by atoms with Crippen LogP contribution in [0.1, 0.15) is 33.4 Å². The van der Waals surface area contributed by atoms with Gasteiger partial charge in [-0.25, -0.2) is 0 Å². The molecule has 0 aliphatic carbocycles. The third kappa shape index (κ3) is 4.56. The van der Waals surface area contributed by atoms with Crippen LogP contribution >= 0.6 is 0 Å². The molecule has 0 saturated heterocycles. The lowest BCUT2D eigenvalue weighted by molar-refractivity contribution is 0.776. The first-order valence-electron chi connectivity index (χ1n) is 13.7. The molecular formula is C38H32Si. The number of hydrogen-bond acceptors (Lipinski definition) is 0. The van der Waals surface area contributed by atoms with Gasteiger partial charge in [0, 0.05) is 10.1 Å². The molecule has 0 bridgehead atoms. The Balaban J connectivity index is 1.76. The van der Waals surface area contributed by atoms with Crippen LogP contribution in [0.2, 0.25) is 0 Å². The second-order valence-corrected chi connectivity index (χ2v) is 12.7. The summed E-state index contributed by atoms with van der Waals surface area (Å²) < 4.78 is 0. The summed E-state index contributed by atoms with van der Waals surface area (Å²) in [4.78, 5) is 0. The lowest BCUT2D eigenvalue weighted by Crippen LogP contribution is -2.49. The van der Waals surface area contributed by atoms with E-state index < -0.39 is 9.52 Å². The summed E-state index contributed by atoms with van der Waals surface area (Å²) >= 11 is 0. The van der Waals surface area contributed by atoms with Crippen LogP contribution in [-0.2, 0) is 10.1 Å². The molecule has 0 N–H and O–H groups in total. The Morgan fingerprint density at radius 2 is 0.385 bits per heavy atom. The molecule has 6 rings (SSSR count). The van der Waals surface area contributed by atoms with Crippen molar-refractivity contribution in [3.8, 4) is 0 Å². The molecule has 0 aliphatic heterocycles. The predicted octanol–water partition coefficient (Wildman–Crippen LogP) is 8.14. The first kappa shape index (κ1) is 24.8. The van der Waals surface area contributed by atoms with Crippen LogP contribution in [-0.4, -0.2) is 9.52 Å². The fourth-order valence-electron chi connectivity index (χ4n) is 6.35. The van der Waals surface area contributed by atoms with Gasteiger partial charge in [-0.05, 0) is 33.4 Å². The highest BCUT2D eigenvalue weighted by Crippen LogP contribution is 2.48. The summed E-state index contributed by atoms with van der Waals surface area (Å²) in [5.74, 6) is 0. The molecule has 0 aromatic heterocycles. The molecule has 0 atom stereocenters. The van der Waals surface area contributed by atoms with Crippen molar-refractivity contribution in [2.24, 2.45) is 0 Å². The number of rotatable bonds is 8. The summed E-state index contributed by atoms with van der Waals surface area (Å²) in [6.45, 7) is 0. The van der Waals surface area contributed by atoms with Crippen molar-refractivity contribution in [2.75, 3.05) is 0 Å². The normalized spacial score (nSPS) is 11.7. The lowest BCUT2D eigenvalue weighted by Gasteiger charge is -2.46. The fourth-order valence-corrected chi connectivity index (χ4v) is 9.78. The van der Waals surface area contributed by atoms with Gasteiger partial charge in [-0.3, -0.25) is 0 Å². The molecule has 0 amide bonds. The Labute approximate surface area is 234 Å². The van der Waals surface area contributed by atoms with Crippen LogP contribution in [0.15, 0.2) is 182 Å². The number of benzene rings is 6. The topological polar surface area (TPSA) is 0 Å². The lowest BCUT2D eigenvalue weighted by atomic mass is 9.82. The molecule has 0 radical (unpaired) electrons. The van der Waals surface area contributed by atoms with Crippen molar-refractivity contribution in [2.45, 2.75) is 10.1 Å². The molecule has 6 aromatic carbocycles. The van der Waals surface area contributed by atoms with E-state index in [2.05, 4.69) is 182 Å². The maximum Gasteiger partial charge on any atom is 0.0670 e. The van der Waals surface area contributed by atoms with Crippen LogP contribution in [0.25, 0.3) is 0 Å². The second-order valence-electron chi connectivity index (χ2n) is 10.2. The van der Waals surface area contributed by atoms with Crippen molar-refractivity contribution in [3.63, 3.8) is 0 Å². The Morgan fingerprint density at radius 1 is 0.231 bits per heavy atom. The predicted molar refractivity (Wildman–Crippen MR) is 167 cm³/mol. The molecule has 0 spiro atoms. The van der Waals surface area contributed by atoms with E-state index in [1.165, 1.54) is 33.4 Å². The van der Waals surface area contributed by atoms with Gasteiger partial charge in [0.15, 0.2) is 0 Å². The minimum absolute atomic E-state index is 0.286. The third-order valence-corrected chi connectivity index (χ3v) is 11.6. The highest BCUT2D eigenvalue weighted by atomic mass is 28.2. The second kappa shape index (κ2) is 11.1. The smallest absolute Gasteiger partial charge is 0.0622 e. The fraction of sp³-hybridized carbons (Fsp3) is 0.0526.